The molecule has 0 aromatic carbocycles. The minimum absolute atomic E-state index is 0.644. The Morgan fingerprint density at radius 1 is 1.42 bits per heavy atom. The number of thioether (sulfide) groups is 2. The quantitative estimate of drug-likeness (QED) is 0.665. The van der Waals surface area contributed by atoms with Crippen LogP contribution in [0, 0.1) is 11.3 Å². The highest BCUT2D eigenvalue weighted by Gasteiger charge is 1.85. The molecule has 0 saturated heterocycles. The molecule has 0 unspecified atom stereocenters. The highest BCUT2D eigenvalue weighted by atomic mass is 32.2. The Bertz CT molecular complexity index is 267. The number of hydrogen-bond acceptors (Lipinski definition) is 5. The third-order valence-electron chi connectivity index (χ3n) is 0.946. The maximum Gasteiger partial charge on any atom is 0.102 e. The Morgan fingerprint density at radius 2 is 2.17 bits per heavy atom. The summed E-state index contributed by atoms with van der Waals surface area (Å²) in [5, 5.41) is 15.3. The molecule has 0 radical (unpaired) electrons. The van der Waals surface area contributed by atoms with Crippen molar-refractivity contribution in [3.63, 3.8) is 0 Å². The summed E-state index contributed by atoms with van der Waals surface area (Å²) in [4.78, 5) is 0. The van der Waals surface area contributed by atoms with Gasteiger partial charge in [-0.3, -0.25) is 0 Å². The Balaban J connectivity index is 0.000000127. The van der Waals surface area contributed by atoms with Crippen LogP contribution >= 0.6 is 35.1 Å². The van der Waals surface area contributed by atoms with E-state index < -0.39 is 0 Å². The van der Waals surface area contributed by atoms with Crippen molar-refractivity contribution in [1.29, 1.82) is 5.26 Å². The molecule has 1 aliphatic heterocycles. The van der Waals surface area contributed by atoms with E-state index in [4.69, 9.17) is 5.26 Å². The Labute approximate surface area is 83.8 Å². The van der Waals surface area contributed by atoms with Crippen LogP contribution in [0.5, 0.6) is 0 Å². The van der Waals surface area contributed by atoms with Crippen LogP contribution in [0.2, 0.25) is 0 Å². The zero-order chi connectivity index (χ0) is 8.65. The average molecular weight is 214 g/mol. The number of nitriles is 1. The Hall–Kier alpha value is -0.440. The zero-order valence-corrected chi connectivity index (χ0v) is 8.59. The molecular formula is C7H6N2S3. The maximum atomic E-state index is 8.14. The van der Waals surface area contributed by atoms with Crippen molar-refractivity contribution in [2.24, 2.45) is 0 Å². The largest absolute Gasteiger partial charge is 0.200 e. The molecule has 1 aromatic heterocycles. The van der Waals surface area contributed by atoms with Crippen molar-refractivity contribution in [3.05, 3.63) is 28.0 Å². The van der Waals surface area contributed by atoms with E-state index in [0.717, 1.165) is 0 Å². The lowest BCUT2D eigenvalue weighted by Crippen LogP contribution is -1.56. The Kier molecular flexibility index (Phi) is 4.92. The van der Waals surface area contributed by atoms with Gasteiger partial charge in [0.2, 0.25) is 0 Å². The number of aromatic nitrogens is 1. The molecule has 0 amide bonds. The summed E-state index contributed by atoms with van der Waals surface area (Å²) in [5.41, 5.74) is 0.644. The highest BCUT2D eigenvalue weighted by Crippen LogP contribution is 2.22. The summed E-state index contributed by atoms with van der Waals surface area (Å²) in [6.07, 6.45) is 1.55. The van der Waals surface area contributed by atoms with Gasteiger partial charge in [0.15, 0.2) is 0 Å². The van der Waals surface area contributed by atoms with Gasteiger partial charge in [-0.2, -0.15) is 9.64 Å². The van der Waals surface area contributed by atoms with E-state index in [1.54, 1.807) is 11.6 Å². The number of nitrogens with zero attached hydrogens (tertiary/aromatic N) is 2. The standard InChI is InChI=1S/C4H2N2S.C3H4S2/c5-1-4-2-6-7-3-4;1-2-5-3-4-1/h2-3H;1-2H,3H2. The van der Waals surface area contributed by atoms with Gasteiger partial charge in [-0.15, -0.1) is 23.5 Å². The predicted molar refractivity (Wildman–Crippen MR) is 56.0 cm³/mol. The molecule has 5 heteroatoms. The van der Waals surface area contributed by atoms with E-state index in [1.165, 1.54) is 16.6 Å². The monoisotopic (exact) mass is 214 g/mol. The van der Waals surface area contributed by atoms with Crippen molar-refractivity contribution in [2.45, 2.75) is 0 Å². The van der Waals surface area contributed by atoms with Crippen LogP contribution in [-0.2, 0) is 0 Å². The molecule has 0 spiro atoms. The van der Waals surface area contributed by atoms with Crippen molar-refractivity contribution in [1.82, 2.24) is 4.37 Å². The van der Waals surface area contributed by atoms with Crippen LogP contribution in [-0.4, -0.2) is 9.46 Å². The van der Waals surface area contributed by atoms with Crippen LogP contribution in [0.4, 0.5) is 0 Å². The van der Waals surface area contributed by atoms with Gasteiger partial charge in [0, 0.05) is 10.5 Å². The third-order valence-corrected chi connectivity index (χ3v) is 3.45. The molecule has 2 nitrogen and oxygen atoms in total. The van der Waals surface area contributed by atoms with Gasteiger partial charge in [0.1, 0.15) is 6.07 Å². The Morgan fingerprint density at radius 3 is 2.42 bits per heavy atom. The molecule has 1 aromatic rings. The van der Waals surface area contributed by atoms with Crippen molar-refractivity contribution >= 4 is 35.1 Å². The SMILES string of the molecule is C1=CSCS1.N#Cc1cnsc1. The molecule has 2 heterocycles. The molecule has 62 valence electrons. The van der Waals surface area contributed by atoms with Gasteiger partial charge in [0.25, 0.3) is 0 Å². The fraction of sp³-hybridized carbons (Fsp3) is 0.143. The minimum Gasteiger partial charge on any atom is -0.200 e. The van der Waals surface area contributed by atoms with Gasteiger partial charge in [0.05, 0.1) is 11.8 Å². The van der Waals surface area contributed by atoms with Gasteiger partial charge < -0.3 is 0 Å². The van der Waals surface area contributed by atoms with E-state index in [-0.39, 0.29) is 0 Å². The zero-order valence-electron chi connectivity index (χ0n) is 6.14. The molecule has 2 rings (SSSR count). The number of hydrogen-bond donors (Lipinski definition) is 0. The lowest BCUT2D eigenvalue weighted by molar-refractivity contribution is 1.48. The molecule has 0 bridgehead atoms. The third kappa shape index (κ3) is 3.81. The van der Waals surface area contributed by atoms with Crippen LogP contribution in [0.15, 0.2) is 22.4 Å². The van der Waals surface area contributed by atoms with Crippen LogP contribution < -0.4 is 0 Å². The molecule has 0 aliphatic carbocycles. The van der Waals surface area contributed by atoms with E-state index in [2.05, 4.69) is 15.2 Å². The lowest BCUT2D eigenvalue weighted by atomic mass is 10.4. The first-order valence-electron chi connectivity index (χ1n) is 3.11. The molecule has 0 fully saturated rings. The maximum absolute atomic E-state index is 8.14. The first kappa shape index (κ1) is 9.65. The van der Waals surface area contributed by atoms with E-state index in [9.17, 15) is 0 Å². The second-order valence-electron chi connectivity index (χ2n) is 1.75. The minimum atomic E-state index is 0.644. The van der Waals surface area contributed by atoms with Gasteiger partial charge in [-0.1, -0.05) is 0 Å². The van der Waals surface area contributed by atoms with E-state index in [1.807, 2.05) is 29.6 Å². The molecule has 0 N–H and O–H groups in total. The van der Waals surface area contributed by atoms with Crippen LogP contribution in [0.3, 0.4) is 0 Å². The van der Waals surface area contributed by atoms with E-state index in [0.29, 0.717) is 5.56 Å². The van der Waals surface area contributed by atoms with Gasteiger partial charge in [-0.05, 0) is 22.3 Å². The second-order valence-corrected chi connectivity index (χ2v) is 4.56. The smallest absolute Gasteiger partial charge is 0.102 e. The normalized spacial score (nSPS) is 13.2. The second kappa shape index (κ2) is 6.12. The fourth-order valence-electron chi connectivity index (χ4n) is 0.456. The van der Waals surface area contributed by atoms with E-state index >= 15 is 0 Å². The molecule has 0 atom stereocenters. The fourth-order valence-corrected chi connectivity index (χ4v) is 2.49. The lowest BCUT2D eigenvalue weighted by Gasteiger charge is -1.69. The van der Waals surface area contributed by atoms with Crippen LogP contribution in [0.25, 0.3) is 0 Å². The summed E-state index contributed by atoms with van der Waals surface area (Å²) in [6, 6.07) is 1.95. The van der Waals surface area contributed by atoms with Crippen molar-refractivity contribution < 1.29 is 0 Å². The summed E-state index contributed by atoms with van der Waals surface area (Å²) < 4.78 is 3.71. The molecular weight excluding hydrogens is 208 g/mol. The topological polar surface area (TPSA) is 36.7 Å². The summed E-state index contributed by atoms with van der Waals surface area (Å²) >= 11 is 5.00. The molecule has 1 aliphatic rings. The van der Waals surface area contributed by atoms with Crippen molar-refractivity contribution in [2.75, 3.05) is 5.08 Å². The van der Waals surface area contributed by atoms with Crippen molar-refractivity contribution in [3.8, 4) is 6.07 Å². The predicted octanol–water partition coefficient (Wildman–Crippen LogP) is 2.91. The van der Waals surface area contributed by atoms with Gasteiger partial charge in [-0.25, -0.2) is 0 Å². The van der Waals surface area contributed by atoms with Crippen LogP contribution in [0.1, 0.15) is 5.56 Å². The number of rotatable bonds is 0. The highest BCUT2D eigenvalue weighted by molar-refractivity contribution is 8.21. The molecule has 12 heavy (non-hydrogen) atoms. The first-order valence-corrected chi connectivity index (χ1v) is 6.04. The summed E-state index contributed by atoms with van der Waals surface area (Å²) in [5.74, 6) is 0. The first-order chi connectivity index (χ1) is 5.93. The average Bonchev–Trinajstić information content (AvgIpc) is 2.81. The summed E-state index contributed by atoms with van der Waals surface area (Å²) in [6.45, 7) is 0. The molecule has 0 saturated carbocycles. The summed E-state index contributed by atoms with van der Waals surface area (Å²) in [7, 11) is 0. The van der Waals surface area contributed by atoms with Gasteiger partial charge >= 0.3 is 0 Å².